The molecule has 0 spiro atoms. The topological polar surface area (TPSA) is 62.5 Å². The third-order valence-electron chi connectivity index (χ3n) is 5.75. The average Bonchev–Trinajstić information content (AvgIpc) is 3.16. The predicted molar refractivity (Wildman–Crippen MR) is 138 cm³/mol. The molecule has 0 fully saturated rings. The zero-order chi connectivity index (χ0) is 24.0. The Bertz CT molecular complexity index is 1470. The number of amidine groups is 1. The molecule has 0 saturated carbocycles. The molecule has 4 aromatic rings. The lowest BCUT2D eigenvalue weighted by Crippen LogP contribution is -2.36. The summed E-state index contributed by atoms with van der Waals surface area (Å²) in [6, 6.07) is 21.4. The number of aliphatic imine (C=N–C) groups is 1. The first-order valence-electron chi connectivity index (χ1n) is 10.7. The van der Waals surface area contributed by atoms with E-state index >= 15 is 0 Å². The van der Waals surface area contributed by atoms with Crippen LogP contribution in [0.4, 0.5) is 15.9 Å². The van der Waals surface area contributed by atoms with Gasteiger partial charge in [0.05, 0.1) is 17.1 Å². The molecule has 34 heavy (non-hydrogen) atoms. The van der Waals surface area contributed by atoms with Gasteiger partial charge in [0.2, 0.25) is 0 Å². The molecular formula is C25H22BrFN5OP. The van der Waals surface area contributed by atoms with Gasteiger partial charge in [-0.05, 0) is 83.9 Å². The van der Waals surface area contributed by atoms with Crippen molar-refractivity contribution in [2.75, 3.05) is 12.1 Å². The van der Waals surface area contributed by atoms with Gasteiger partial charge in [0, 0.05) is 17.1 Å². The predicted octanol–water partition coefficient (Wildman–Crippen LogP) is 6.34. The fourth-order valence-corrected chi connectivity index (χ4v) is 7.18. The second-order valence-corrected chi connectivity index (χ2v) is 11.4. The summed E-state index contributed by atoms with van der Waals surface area (Å²) in [5, 5.41) is 8.55. The Morgan fingerprint density at radius 2 is 1.71 bits per heavy atom. The van der Waals surface area contributed by atoms with E-state index in [1.165, 1.54) is 12.1 Å². The van der Waals surface area contributed by atoms with Crippen LogP contribution in [0.5, 0.6) is 0 Å². The van der Waals surface area contributed by atoms with E-state index in [0.29, 0.717) is 33.9 Å². The molecule has 6 nitrogen and oxygen atoms in total. The summed E-state index contributed by atoms with van der Waals surface area (Å²) in [5.74, 6) is 0.599. The number of anilines is 1. The number of aromatic nitrogens is 2. The lowest BCUT2D eigenvalue weighted by Gasteiger charge is -2.35. The quantitative estimate of drug-likeness (QED) is 0.308. The van der Waals surface area contributed by atoms with E-state index in [9.17, 15) is 8.96 Å². The van der Waals surface area contributed by atoms with Crippen LogP contribution < -0.4 is 10.4 Å². The van der Waals surface area contributed by atoms with Crippen LogP contribution in [0.1, 0.15) is 16.8 Å². The molecule has 1 aromatic heterocycles. The molecule has 2 heterocycles. The number of nitrogens with zero attached hydrogens (tertiary/aromatic N) is 4. The van der Waals surface area contributed by atoms with Crippen molar-refractivity contribution in [2.24, 2.45) is 4.99 Å². The molecule has 172 valence electrons. The summed E-state index contributed by atoms with van der Waals surface area (Å²) in [6.07, 6.45) is 0. The Balaban J connectivity index is 1.75. The summed E-state index contributed by atoms with van der Waals surface area (Å²) in [4.78, 5) is 4.89. The maximum atomic E-state index is 14.9. The zero-order valence-electron chi connectivity index (χ0n) is 18.8. The normalized spacial score (nSPS) is 17.3. The van der Waals surface area contributed by atoms with Crippen molar-refractivity contribution < 1.29 is 8.96 Å². The van der Waals surface area contributed by atoms with Crippen molar-refractivity contribution in [2.45, 2.75) is 13.8 Å². The largest absolute Gasteiger partial charge is 0.316 e. The molecule has 9 heteroatoms. The van der Waals surface area contributed by atoms with E-state index in [-0.39, 0.29) is 5.82 Å². The number of aryl methyl sites for hydroxylation is 2. The Hall–Kier alpha value is -3.22. The first-order chi connectivity index (χ1) is 16.3. The minimum atomic E-state index is -3.48. The molecule has 0 radical (unpaired) electrons. The van der Waals surface area contributed by atoms with Crippen molar-refractivity contribution in [3.8, 4) is 5.69 Å². The van der Waals surface area contributed by atoms with Crippen LogP contribution in [-0.4, -0.2) is 27.3 Å². The lowest BCUT2D eigenvalue weighted by atomic mass is 10.2. The fourth-order valence-electron chi connectivity index (χ4n) is 4.02. The van der Waals surface area contributed by atoms with E-state index in [1.54, 1.807) is 28.5 Å². The number of para-hydroxylation sites is 1. The van der Waals surface area contributed by atoms with Crippen LogP contribution >= 0.6 is 23.4 Å². The smallest absolute Gasteiger partial charge is 0.296 e. The van der Waals surface area contributed by atoms with Crippen LogP contribution in [0, 0.1) is 19.7 Å². The van der Waals surface area contributed by atoms with E-state index < -0.39 is 7.44 Å². The van der Waals surface area contributed by atoms with E-state index in [2.05, 4.69) is 21.0 Å². The van der Waals surface area contributed by atoms with Gasteiger partial charge in [-0.3, -0.25) is 9.24 Å². The average molecular weight is 538 g/mol. The van der Waals surface area contributed by atoms with Gasteiger partial charge < -0.3 is 5.09 Å². The van der Waals surface area contributed by atoms with Gasteiger partial charge in [0.1, 0.15) is 17.0 Å². The maximum absolute atomic E-state index is 14.9. The number of hydrogen-bond donors (Lipinski definition) is 1. The summed E-state index contributed by atoms with van der Waals surface area (Å²) >= 11 is 3.59. The number of halogens is 2. The second-order valence-electron chi connectivity index (χ2n) is 8.14. The van der Waals surface area contributed by atoms with Crippen LogP contribution in [0.15, 0.2) is 82.3 Å². The zero-order valence-corrected chi connectivity index (χ0v) is 21.3. The summed E-state index contributed by atoms with van der Waals surface area (Å²) < 4.78 is 32.7. The van der Waals surface area contributed by atoms with E-state index in [4.69, 9.17) is 10.1 Å². The van der Waals surface area contributed by atoms with Crippen LogP contribution in [0.25, 0.3) is 5.69 Å². The molecule has 1 N–H and O–H groups in total. The van der Waals surface area contributed by atoms with Crippen molar-refractivity contribution in [3.05, 3.63) is 99.9 Å². The number of nitrogens with one attached hydrogen (secondary N) is 1. The lowest BCUT2D eigenvalue weighted by molar-refractivity contribution is 0.553. The van der Waals surface area contributed by atoms with Gasteiger partial charge in [-0.1, -0.05) is 24.3 Å². The SMILES string of the molecule is Cc1ccc(N[P@@]2(=O)c3c(C)nn(-c4ccccc4)c3N=C(c3ccc(F)cc3)N2C)c(Br)c1. The molecule has 5 rings (SSSR count). The van der Waals surface area contributed by atoms with Gasteiger partial charge in [0.15, 0.2) is 5.82 Å². The van der Waals surface area contributed by atoms with Crippen LogP contribution in [0.3, 0.4) is 0 Å². The minimum absolute atomic E-state index is 0.349. The highest BCUT2D eigenvalue weighted by molar-refractivity contribution is 9.10. The summed E-state index contributed by atoms with van der Waals surface area (Å²) in [6.45, 7) is 3.83. The number of hydrogen-bond acceptors (Lipinski definition) is 3. The molecular weight excluding hydrogens is 516 g/mol. The Morgan fingerprint density at radius 3 is 2.38 bits per heavy atom. The summed E-state index contributed by atoms with van der Waals surface area (Å²) in [5.41, 5.74) is 3.85. The molecule has 0 aliphatic carbocycles. The van der Waals surface area contributed by atoms with Crippen molar-refractivity contribution in [1.29, 1.82) is 0 Å². The monoisotopic (exact) mass is 537 g/mol. The molecule has 0 bridgehead atoms. The molecule has 0 saturated heterocycles. The number of fused-ring (bicyclic) bond motifs is 1. The highest BCUT2D eigenvalue weighted by Crippen LogP contribution is 2.54. The Kier molecular flexibility index (Phi) is 5.66. The van der Waals surface area contributed by atoms with Gasteiger partial charge in [-0.25, -0.2) is 14.1 Å². The highest BCUT2D eigenvalue weighted by Gasteiger charge is 2.43. The van der Waals surface area contributed by atoms with Crippen molar-refractivity contribution >= 4 is 46.0 Å². The third-order valence-corrected chi connectivity index (χ3v) is 9.11. The maximum Gasteiger partial charge on any atom is 0.296 e. The number of benzene rings is 3. The van der Waals surface area contributed by atoms with E-state index in [0.717, 1.165) is 15.7 Å². The highest BCUT2D eigenvalue weighted by atomic mass is 79.9. The molecule has 1 aliphatic heterocycles. The van der Waals surface area contributed by atoms with E-state index in [1.807, 2.05) is 62.4 Å². The molecule has 3 aromatic carbocycles. The Morgan fingerprint density at radius 1 is 1.00 bits per heavy atom. The van der Waals surface area contributed by atoms with Gasteiger partial charge in [0.25, 0.3) is 7.44 Å². The van der Waals surface area contributed by atoms with Crippen molar-refractivity contribution in [3.63, 3.8) is 0 Å². The number of rotatable bonds is 4. The van der Waals surface area contributed by atoms with Gasteiger partial charge >= 0.3 is 0 Å². The molecule has 1 atom stereocenters. The molecule has 1 aliphatic rings. The fraction of sp³-hybridized carbons (Fsp3) is 0.120. The first-order valence-corrected chi connectivity index (χ1v) is 13.1. The van der Waals surface area contributed by atoms with Crippen molar-refractivity contribution in [1.82, 2.24) is 14.5 Å². The Labute approximate surface area is 205 Å². The standard InChI is InChI=1S/C25H22BrFN5OP/c1-16-9-14-22(21(26)15-16)30-34(33)23-17(2)29-32(20-7-5-4-6-8-20)25(23)28-24(31(34)3)18-10-12-19(27)13-11-18/h4-15H,1-3H3,(H,30,33)/t34-/m0/s1. The first kappa shape index (κ1) is 22.6. The molecule has 0 amide bonds. The van der Waals surface area contributed by atoms with Crippen LogP contribution in [0.2, 0.25) is 0 Å². The molecule has 0 unspecified atom stereocenters. The summed E-state index contributed by atoms with van der Waals surface area (Å²) in [7, 11) is -1.75. The second kappa shape index (κ2) is 8.53. The van der Waals surface area contributed by atoms with Gasteiger partial charge in [-0.2, -0.15) is 5.10 Å². The minimum Gasteiger partial charge on any atom is -0.316 e. The third kappa shape index (κ3) is 3.77. The van der Waals surface area contributed by atoms with Gasteiger partial charge in [-0.15, -0.1) is 0 Å². The van der Waals surface area contributed by atoms with Crippen LogP contribution in [-0.2, 0) is 4.57 Å².